The SMILES string of the molecule is Cc1c(Cl)cccc1NC(=O)CN(C)CCCC(=O)O. The van der Waals surface area contributed by atoms with Gasteiger partial charge in [-0.3, -0.25) is 14.5 Å². The van der Waals surface area contributed by atoms with Crippen LogP contribution < -0.4 is 5.32 Å². The molecule has 110 valence electrons. The Morgan fingerprint density at radius 3 is 2.75 bits per heavy atom. The maximum atomic E-state index is 11.9. The highest BCUT2D eigenvalue weighted by Crippen LogP contribution is 2.22. The van der Waals surface area contributed by atoms with Crippen molar-refractivity contribution in [3.8, 4) is 0 Å². The standard InChI is InChI=1S/C14H19ClN2O3/c1-10-11(15)5-3-6-12(10)16-13(18)9-17(2)8-4-7-14(19)20/h3,5-6H,4,7-9H2,1-2H3,(H,16,18)(H,19,20). The van der Waals surface area contributed by atoms with Crippen LogP contribution in [0.25, 0.3) is 0 Å². The summed E-state index contributed by atoms with van der Waals surface area (Å²) in [6.45, 7) is 2.62. The highest BCUT2D eigenvalue weighted by atomic mass is 35.5. The number of carbonyl (C=O) groups excluding carboxylic acids is 1. The molecule has 0 aliphatic heterocycles. The lowest BCUT2D eigenvalue weighted by Gasteiger charge is -2.16. The van der Waals surface area contributed by atoms with Gasteiger partial charge in [0.05, 0.1) is 6.54 Å². The molecule has 6 heteroatoms. The van der Waals surface area contributed by atoms with Crippen LogP contribution in [0.2, 0.25) is 5.02 Å². The number of nitrogens with zero attached hydrogens (tertiary/aromatic N) is 1. The van der Waals surface area contributed by atoms with Gasteiger partial charge in [-0.05, 0) is 44.6 Å². The molecular formula is C14H19ClN2O3. The van der Waals surface area contributed by atoms with Gasteiger partial charge in [0.1, 0.15) is 0 Å². The number of amides is 1. The van der Waals surface area contributed by atoms with Crippen LogP contribution >= 0.6 is 11.6 Å². The summed E-state index contributed by atoms with van der Waals surface area (Å²) in [5.41, 5.74) is 1.53. The van der Waals surface area contributed by atoms with Gasteiger partial charge in [-0.25, -0.2) is 0 Å². The number of hydrogen-bond donors (Lipinski definition) is 2. The number of hydrogen-bond acceptors (Lipinski definition) is 3. The third-order valence-corrected chi connectivity index (χ3v) is 3.30. The second-order valence-electron chi connectivity index (χ2n) is 4.70. The fraction of sp³-hybridized carbons (Fsp3) is 0.429. The Morgan fingerprint density at radius 2 is 2.10 bits per heavy atom. The lowest BCUT2D eigenvalue weighted by atomic mass is 10.2. The predicted molar refractivity (Wildman–Crippen MR) is 79.2 cm³/mol. The van der Waals surface area contributed by atoms with Crippen LogP contribution in [0, 0.1) is 6.92 Å². The number of anilines is 1. The van der Waals surface area contributed by atoms with Gasteiger partial charge >= 0.3 is 5.97 Å². The zero-order valence-electron chi connectivity index (χ0n) is 11.6. The summed E-state index contributed by atoms with van der Waals surface area (Å²) >= 11 is 5.98. The first kappa shape index (κ1) is 16.5. The lowest BCUT2D eigenvalue weighted by molar-refractivity contribution is -0.137. The summed E-state index contributed by atoms with van der Waals surface area (Å²) in [6, 6.07) is 5.34. The minimum absolute atomic E-state index is 0.110. The Labute approximate surface area is 123 Å². The fourth-order valence-corrected chi connectivity index (χ4v) is 1.93. The van der Waals surface area contributed by atoms with E-state index in [1.54, 1.807) is 30.1 Å². The van der Waals surface area contributed by atoms with E-state index >= 15 is 0 Å². The average Bonchev–Trinajstić information content (AvgIpc) is 2.34. The fourth-order valence-electron chi connectivity index (χ4n) is 1.76. The smallest absolute Gasteiger partial charge is 0.303 e. The van der Waals surface area contributed by atoms with Gasteiger partial charge in [0.2, 0.25) is 5.91 Å². The van der Waals surface area contributed by atoms with Crippen molar-refractivity contribution in [2.45, 2.75) is 19.8 Å². The van der Waals surface area contributed by atoms with Crippen LogP contribution in [-0.4, -0.2) is 42.0 Å². The Kier molecular flexibility index (Phi) is 6.48. The van der Waals surface area contributed by atoms with Gasteiger partial charge in [-0.15, -0.1) is 0 Å². The molecule has 20 heavy (non-hydrogen) atoms. The van der Waals surface area contributed by atoms with E-state index in [4.69, 9.17) is 16.7 Å². The Bertz CT molecular complexity index is 491. The maximum absolute atomic E-state index is 11.9. The molecule has 0 aliphatic rings. The molecule has 1 amide bonds. The summed E-state index contributed by atoms with van der Waals surface area (Å²) < 4.78 is 0. The molecule has 1 aromatic carbocycles. The van der Waals surface area contributed by atoms with Crippen molar-refractivity contribution in [2.24, 2.45) is 0 Å². The van der Waals surface area contributed by atoms with Crippen molar-refractivity contribution in [1.29, 1.82) is 0 Å². The average molecular weight is 299 g/mol. The van der Waals surface area contributed by atoms with E-state index in [1.807, 2.05) is 6.92 Å². The number of halogens is 1. The number of carbonyl (C=O) groups is 2. The van der Waals surface area contributed by atoms with Gasteiger partial charge in [-0.1, -0.05) is 17.7 Å². The molecule has 0 bridgehead atoms. The van der Waals surface area contributed by atoms with Crippen molar-refractivity contribution in [3.05, 3.63) is 28.8 Å². The number of carboxylic acid groups (broad SMARTS) is 1. The summed E-state index contributed by atoms with van der Waals surface area (Å²) in [5, 5.41) is 12.0. The van der Waals surface area contributed by atoms with E-state index < -0.39 is 5.97 Å². The molecule has 1 rings (SSSR count). The molecule has 0 heterocycles. The van der Waals surface area contributed by atoms with Gasteiger partial charge in [0.15, 0.2) is 0 Å². The molecule has 5 nitrogen and oxygen atoms in total. The first-order chi connectivity index (χ1) is 9.40. The third kappa shape index (κ3) is 5.59. The zero-order valence-corrected chi connectivity index (χ0v) is 12.4. The van der Waals surface area contributed by atoms with Gasteiger partial charge < -0.3 is 10.4 Å². The predicted octanol–water partition coefficient (Wildman–Crippen LogP) is 2.38. The van der Waals surface area contributed by atoms with Crippen LogP contribution in [0.4, 0.5) is 5.69 Å². The van der Waals surface area contributed by atoms with Crippen molar-refractivity contribution < 1.29 is 14.7 Å². The number of aliphatic carboxylic acids is 1. The molecule has 1 aromatic rings. The molecule has 0 aliphatic carbocycles. The van der Waals surface area contributed by atoms with E-state index in [9.17, 15) is 9.59 Å². The van der Waals surface area contributed by atoms with Crippen molar-refractivity contribution in [2.75, 3.05) is 25.5 Å². The van der Waals surface area contributed by atoms with Crippen molar-refractivity contribution in [1.82, 2.24) is 4.90 Å². The number of rotatable bonds is 7. The number of nitrogens with one attached hydrogen (secondary N) is 1. The summed E-state index contributed by atoms with van der Waals surface area (Å²) in [5.74, 6) is -0.967. The Hall–Kier alpha value is -1.59. The van der Waals surface area contributed by atoms with Gasteiger partial charge in [-0.2, -0.15) is 0 Å². The van der Waals surface area contributed by atoms with Crippen molar-refractivity contribution in [3.63, 3.8) is 0 Å². The molecule has 0 spiro atoms. The van der Waals surface area contributed by atoms with E-state index in [1.165, 1.54) is 0 Å². The first-order valence-electron chi connectivity index (χ1n) is 6.35. The summed E-state index contributed by atoms with van der Waals surface area (Å²) in [4.78, 5) is 24.1. The normalized spacial score (nSPS) is 10.6. The number of carboxylic acids is 1. The van der Waals surface area contributed by atoms with E-state index in [0.717, 1.165) is 5.56 Å². The molecule has 0 unspecified atom stereocenters. The molecule has 0 saturated carbocycles. The summed E-state index contributed by atoms with van der Waals surface area (Å²) in [7, 11) is 1.78. The van der Waals surface area contributed by atoms with E-state index in [-0.39, 0.29) is 18.9 Å². The molecule has 0 fully saturated rings. The lowest BCUT2D eigenvalue weighted by Crippen LogP contribution is -2.31. The van der Waals surface area contributed by atoms with Crippen LogP contribution in [-0.2, 0) is 9.59 Å². The second-order valence-corrected chi connectivity index (χ2v) is 5.10. The van der Waals surface area contributed by atoms with Gasteiger partial charge in [0.25, 0.3) is 0 Å². The maximum Gasteiger partial charge on any atom is 0.303 e. The van der Waals surface area contributed by atoms with Crippen LogP contribution in [0.3, 0.4) is 0 Å². The topological polar surface area (TPSA) is 69.6 Å². The van der Waals surface area contributed by atoms with Crippen LogP contribution in [0.5, 0.6) is 0 Å². The minimum Gasteiger partial charge on any atom is -0.481 e. The minimum atomic E-state index is -0.822. The molecule has 0 saturated heterocycles. The van der Waals surface area contributed by atoms with Crippen molar-refractivity contribution >= 4 is 29.2 Å². The molecule has 0 radical (unpaired) electrons. The second kappa shape index (κ2) is 7.87. The molecular weight excluding hydrogens is 280 g/mol. The van der Waals surface area contributed by atoms with E-state index in [2.05, 4.69) is 5.32 Å². The number of likely N-dealkylation sites (N-methyl/N-ethyl adjacent to an activating group) is 1. The largest absolute Gasteiger partial charge is 0.481 e. The molecule has 2 N–H and O–H groups in total. The first-order valence-corrected chi connectivity index (χ1v) is 6.73. The van der Waals surface area contributed by atoms with Crippen LogP contribution in [0.15, 0.2) is 18.2 Å². The monoisotopic (exact) mass is 298 g/mol. The van der Waals surface area contributed by atoms with Gasteiger partial charge in [0, 0.05) is 17.1 Å². The highest BCUT2D eigenvalue weighted by Gasteiger charge is 2.09. The Balaban J connectivity index is 2.43. The quantitative estimate of drug-likeness (QED) is 0.811. The highest BCUT2D eigenvalue weighted by molar-refractivity contribution is 6.31. The van der Waals surface area contributed by atoms with Crippen LogP contribution in [0.1, 0.15) is 18.4 Å². The third-order valence-electron chi connectivity index (χ3n) is 2.89. The summed E-state index contributed by atoms with van der Waals surface area (Å²) in [6.07, 6.45) is 0.634. The molecule has 0 atom stereocenters. The van der Waals surface area contributed by atoms with E-state index in [0.29, 0.717) is 23.7 Å². The zero-order chi connectivity index (χ0) is 15.1. The number of benzene rings is 1. The Morgan fingerprint density at radius 1 is 1.40 bits per heavy atom. The molecule has 0 aromatic heterocycles.